The van der Waals surface area contributed by atoms with E-state index in [0.717, 1.165) is 12.1 Å². The van der Waals surface area contributed by atoms with Crippen LogP contribution in [0.3, 0.4) is 0 Å². The molecule has 0 radical (unpaired) electrons. The quantitative estimate of drug-likeness (QED) is 0.663. The molecular formula is C20H15ClFNO5. The zero-order chi connectivity index (χ0) is 20.4. The van der Waals surface area contributed by atoms with Gasteiger partial charge in [0.1, 0.15) is 11.4 Å². The number of hydrogen-bond acceptors (Lipinski definition) is 5. The van der Waals surface area contributed by atoms with Crippen LogP contribution in [0.25, 0.3) is 11.0 Å². The van der Waals surface area contributed by atoms with Crippen molar-refractivity contribution >= 4 is 40.1 Å². The summed E-state index contributed by atoms with van der Waals surface area (Å²) < 4.78 is 24.0. The van der Waals surface area contributed by atoms with E-state index in [4.69, 9.17) is 20.8 Å². The van der Waals surface area contributed by atoms with Crippen molar-refractivity contribution in [1.82, 2.24) is 0 Å². The number of carbonyl (C=O) groups is 2. The van der Waals surface area contributed by atoms with Gasteiger partial charge in [0.2, 0.25) is 5.76 Å². The van der Waals surface area contributed by atoms with Gasteiger partial charge in [0, 0.05) is 16.8 Å². The molecule has 2 aromatic carbocycles. The molecule has 1 aromatic heterocycles. The molecule has 0 aliphatic carbocycles. The zero-order valence-corrected chi connectivity index (χ0v) is 15.7. The summed E-state index contributed by atoms with van der Waals surface area (Å²) in [6.45, 7) is 2.94. The Morgan fingerprint density at radius 1 is 1.18 bits per heavy atom. The molecule has 6 nitrogen and oxygen atoms in total. The molecule has 1 heterocycles. The van der Waals surface area contributed by atoms with Crippen LogP contribution in [0.4, 0.5) is 10.1 Å². The smallest absolute Gasteiger partial charge is 0.375 e. The molecule has 0 spiro atoms. The summed E-state index contributed by atoms with van der Waals surface area (Å²) in [4.78, 5) is 36.6. The number of hydrogen-bond donors (Lipinski definition) is 1. The molecule has 1 N–H and O–H groups in total. The third-order valence-electron chi connectivity index (χ3n) is 3.98. The molecule has 1 atom stereocenters. The summed E-state index contributed by atoms with van der Waals surface area (Å²) in [5, 5.41) is 3.02. The molecular weight excluding hydrogens is 389 g/mol. The number of halogens is 2. The molecule has 3 aromatic rings. The van der Waals surface area contributed by atoms with Crippen LogP contribution in [0.1, 0.15) is 23.0 Å². The molecule has 8 heteroatoms. The van der Waals surface area contributed by atoms with E-state index < -0.39 is 29.2 Å². The van der Waals surface area contributed by atoms with Crippen molar-refractivity contribution < 1.29 is 23.1 Å². The summed E-state index contributed by atoms with van der Waals surface area (Å²) in [7, 11) is 0. The average molecular weight is 404 g/mol. The Morgan fingerprint density at radius 2 is 1.93 bits per heavy atom. The topological polar surface area (TPSA) is 85.6 Å². The summed E-state index contributed by atoms with van der Waals surface area (Å²) in [6.07, 6.45) is -1.21. The fraction of sp³-hybridized carbons (Fsp3) is 0.150. The van der Waals surface area contributed by atoms with E-state index in [-0.39, 0.29) is 22.4 Å². The number of aryl methyl sites for hydroxylation is 1. The maximum Gasteiger partial charge on any atom is 0.375 e. The SMILES string of the molecule is Cc1ccc(NC(=O)[C@H](C)OC(=O)c2cc(=O)c3cc(Cl)ccc3o2)cc1F. The minimum absolute atomic E-state index is 0.163. The molecule has 0 saturated carbocycles. The number of anilines is 1. The third kappa shape index (κ3) is 4.20. The second-order valence-corrected chi connectivity index (χ2v) is 6.55. The highest BCUT2D eigenvalue weighted by Gasteiger charge is 2.22. The normalized spacial score (nSPS) is 11.9. The monoisotopic (exact) mass is 403 g/mol. The van der Waals surface area contributed by atoms with Crippen molar-refractivity contribution in [3.63, 3.8) is 0 Å². The Morgan fingerprint density at radius 3 is 2.64 bits per heavy atom. The first-order chi connectivity index (χ1) is 13.2. The Kier molecular flexibility index (Phi) is 5.46. The first-order valence-electron chi connectivity index (χ1n) is 8.26. The lowest BCUT2D eigenvalue weighted by atomic mass is 10.2. The zero-order valence-electron chi connectivity index (χ0n) is 14.9. The predicted octanol–water partition coefficient (Wildman–Crippen LogP) is 4.08. The fourth-order valence-electron chi connectivity index (χ4n) is 2.42. The summed E-state index contributed by atoms with van der Waals surface area (Å²) in [5.74, 6) is -2.46. The molecule has 144 valence electrons. The van der Waals surface area contributed by atoms with Gasteiger partial charge in [-0.25, -0.2) is 9.18 Å². The molecule has 3 rings (SSSR count). The van der Waals surface area contributed by atoms with Gasteiger partial charge < -0.3 is 14.5 Å². The van der Waals surface area contributed by atoms with E-state index in [2.05, 4.69) is 5.32 Å². The lowest BCUT2D eigenvalue weighted by Gasteiger charge is -2.13. The highest BCUT2D eigenvalue weighted by Crippen LogP contribution is 2.19. The van der Waals surface area contributed by atoms with Gasteiger partial charge in [0.05, 0.1) is 5.39 Å². The number of nitrogens with one attached hydrogen (secondary N) is 1. The number of benzene rings is 2. The van der Waals surface area contributed by atoms with E-state index >= 15 is 0 Å². The molecule has 0 bridgehead atoms. The van der Waals surface area contributed by atoms with Gasteiger partial charge >= 0.3 is 5.97 Å². The molecule has 0 saturated heterocycles. The fourth-order valence-corrected chi connectivity index (χ4v) is 2.59. The second kappa shape index (κ2) is 7.82. The van der Waals surface area contributed by atoms with Crippen molar-refractivity contribution in [1.29, 1.82) is 0 Å². The largest absolute Gasteiger partial charge is 0.449 e. The van der Waals surface area contributed by atoms with Crippen LogP contribution in [0, 0.1) is 12.7 Å². The van der Waals surface area contributed by atoms with Crippen molar-refractivity contribution in [2.45, 2.75) is 20.0 Å². The van der Waals surface area contributed by atoms with Crippen molar-refractivity contribution in [3.05, 3.63) is 74.9 Å². The maximum atomic E-state index is 13.6. The van der Waals surface area contributed by atoms with Gasteiger partial charge in [0.25, 0.3) is 5.91 Å². The van der Waals surface area contributed by atoms with Crippen molar-refractivity contribution in [3.8, 4) is 0 Å². The van der Waals surface area contributed by atoms with Gasteiger partial charge in [-0.05, 0) is 49.7 Å². The van der Waals surface area contributed by atoms with Gasteiger partial charge in [-0.2, -0.15) is 0 Å². The van der Waals surface area contributed by atoms with Crippen LogP contribution < -0.4 is 10.7 Å². The van der Waals surface area contributed by atoms with E-state index in [0.29, 0.717) is 10.6 Å². The van der Waals surface area contributed by atoms with E-state index in [1.54, 1.807) is 6.92 Å². The highest BCUT2D eigenvalue weighted by atomic mass is 35.5. The van der Waals surface area contributed by atoms with Crippen LogP contribution in [-0.2, 0) is 9.53 Å². The van der Waals surface area contributed by atoms with Crippen LogP contribution >= 0.6 is 11.6 Å². The summed E-state index contributed by atoms with van der Waals surface area (Å²) in [6, 6.07) is 9.57. The minimum Gasteiger partial charge on any atom is -0.449 e. The van der Waals surface area contributed by atoms with Gasteiger partial charge in [-0.1, -0.05) is 17.7 Å². The average Bonchev–Trinajstić information content (AvgIpc) is 2.65. The molecule has 0 fully saturated rings. The van der Waals surface area contributed by atoms with Gasteiger partial charge in [-0.15, -0.1) is 0 Å². The highest BCUT2D eigenvalue weighted by molar-refractivity contribution is 6.31. The molecule has 0 unspecified atom stereocenters. The Balaban J connectivity index is 1.73. The standard InChI is InChI=1S/C20H15ClFNO5/c1-10-3-5-13(8-15(10)22)23-19(25)11(2)27-20(26)18-9-16(24)14-7-12(21)4-6-17(14)28-18/h3-9,11H,1-2H3,(H,23,25)/t11-/m0/s1. The second-order valence-electron chi connectivity index (χ2n) is 6.12. The molecule has 1 amide bonds. The number of esters is 1. The summed E-state index contributed by atoms with van der Waals surface area (Å²) in [5.41, 5.74) is 0.356. The van der Waals surface area contributed by atoms with Crippen LogP contribution in [-0.4, -0.2) is 18.0 Å². The molecule has 0 aliphatic rings. The lowest BCUT2D eigenvalue weighted by Crippen LogP contribution is -2.30. The van der Waals surface area contributed by atoms with E-state index in [1.165, 1.54) is 37.3 Å². The Bertz CT molecular complexity index is 1140. The Labute approximate surface area is 163 Å². The van der Waals surface area contributed by atoms with Crippen molar-refractivity contribution in [2.75, 3.05) is 5.32 Å². The molecule has 28 heavy (non-hydrogen) atoms. The van der Waals surface area contributed by atoms with Crippen LogP contribution in [0.2, 0.25) is 5.02 Å². The number of amides is 1. The number of carbonyl (C=O) groups excluding carboxylic acids is 2. The van der Waals surface area contributed by atoms with E-state index in [1.807, 2.05) is 0 Å². The maximum absolute atomic E-state index is 13.6. The first-order valence-corrected chi connectivity index (χ1v) is 8.64. The predicted molar refractivity (Wildman–Crippen MR) is 102 cm³/mol. The Hall–Kier alpha value is -3.19. The van der Waals surface area contributed by atoms with Gasteiger partial charge in [-0.3, -0.25) is 9.59 Å². The third-order valence-corrected chi connectivity index (χ3v) is 4.22. The lowest BCUT2D eigenvalue weighted by molar-refractivity contribution is -0.123. The minimum atomic E-state index is -1.21. The number of fused-ring (bicyclic) bond motifs is 1. The van der Waals surface area contributed by atoms with Gasteiger partial charge in [0.15, 0.2) is 11.5 Å². The molecule has 0 aliphatic heterocycles. The number of ether oxygens (including phenoxy) is 1. The van der Waals surface area contributed by atoms with E-state index in [9.17, 15) is 18.8 Å². The van der Waals surface area contributed by atoms with Crippen molar-refractivity contribution in [2.24, 2.45) is 0 Å². The summed E-state index contributed by atoms with van der Waals surface area (Å²) >= 11 is 5.84. The van der Waals surface area contributed by atoms with Crippen LogP contribution in [0.15, 0.2) is 51.7 Å². The number of rotatable bonds is 4. The first kappa shape index (κ1) is 19.6. The van der Waals surface area contributed by atoms with Crippen LogP contribution in [0.5, 0.6) is 0 Å².